The molecule has 0 bridgehead atoms. The maximum absolute atomic E-state index is 5.80. The van der Waals surface area contributed by atoms with Crippen LogP contribution in [0.1, 0.15) is 5.56 Å². The van der Waals surface area contributed by atoms with E-state index in [0.29, 0.717) is 0 Å². The lowest BCUT2D eigenvalue weighted by Gasteiger charge is -2.04. The van der Waals surface area contributed by atoms with Crippen LogP contribution in [0, 0.1) is 6.92 Å². The van der Waals surface area contributed by atoms with Crippen molar-refractivity contribution in [3.63, 3.8) is 0 Å². The van der Waals surface area contributed by atoms with Gasteiger partial charge in [0.15, 0.2) is 0 Å². The van der Waals surface area contributed by atoms with E-state index < -0.39 is 0 Å². The summed E-state index contributed by atoms with van der Waals surface area (Å²) in [6.07, 6.45) is 0. The zero-order valence-electron chi connectivity index (χ0n) is 8.60. The lowest BCUT2D eigenvalue weighted by Crippen LogP contribution is -1.86. The topological polar surface area (TPSA) is 26.0 Å². The summed E-state index contributed by atoms with van der Waals surface area (Å²) in [4.78, 5) is 2.43. The highest BCUT2D eigenvalue weighted by Crippen LogP contribution is 2.29. The van der Waals surface area contributed by atoms with E-state index in [0.717, 1.165) is 5.69 Å². The van der Waals surface area contributed by atoms with Gasteiger partial charge in [0.25, 0.3) is 0 Å². The Morgan fingerprint density at radius 2 is 1.67 bits per heavy atom. The third-order valence-corrected chi connectivity index (χ3v) is 3.03. The summed E-state index contributed by atoms with van der Waals surface area (Å²) in [5, 5.41) is 0. The Kier molecular flexibility index (Phi) is 2.97. The highest BCUT2D eigenvalue weighted by atomic mass is 32.2. The van der Waals surface area contributed by atoms with Gasteiger partial charge in [-0.05, 0) is 42.8 Å². The van der Waals surface area contributed by atoms with Crippen LogP contribution in [0.2, 0.25) is 0 Å². The van der Waals surface area contributed by atoms with Gasteiger partial charge in [-0.25, -0.2) is 0 Å². The van der Waals surface area contributed by atoms with Crippen molar-refractivity contribution >= 4 is 17.4 Å². The molecule has 0 saturated heterocycles. The fraction of sp³-hybridized carbons (Fsp3) is 0.0769. The molecule has 0 atom stereocenters. The predicted octanol–water partition coefficient (Wildman–Crippen LogP) is 3.73. The van der Waals surface area contributed by atoms with E-state index in [1.807, 2.05) is 30.3 Å². The van der Waals surface area contributed by atoms with Gasteiger partial charge < -0.3 is 5.73 Å². The van der Waals surface area contributed by atoms with Crippen LogP contribution in [-0.2, 0) is 0 Å². The Morgan fingerprint density at radius 1 is 0.933 bits per heavy atom. The molecule has 1 nitrogen and oxygen atoms in total. The number of nitrogens with two attached hydrogens (primary N) is 1. The van der Waals surface area contributed by atoms with Crippen LogP contribution in [0.15, 0.2) is 58.3 Å². The Morgan fingerprint density at radius 3 is 2.33 bits per heavy atom. The molecule has 0 saturated carbocycles. The molecule has 2 aromatic carbocycles. The van der Waals surface area contributed by atoms with Crippen LogP contribution in [0.3, 0.4) is 0 Å². The number of hydrogen-bond donors (Lipinski definition) is 1. The smallest absolute Gasteiger partial charge is 0.0328 e. The maximum atomic E-state index is 5.80. The molecule has 0 aliphatic rings. The predicted molar refractivity (Wildman–Crippen MR) is 66.2 cm³/mol. The van der Waals surface area contributed by atoms with E-state index in [-0.39, 0.29) is 0 Å². The molecule has 0 radical (unpaired) electrons. The molecule has 0 heterocycles. The molecule has 0 amide bonds. The van der Waals surface area contributed by atoms with Crippen molar-refractivity contribution in [2.45, 2.75) is 16.7 Å². The minimum Gasteiger partial charge on any atom is -0.399 e. The second kappa shape index (κ2) is 4.41. The fourth-order valence-electron chi connectivity index (χ4n) is 1.46. The summed E-state index contributed by atoms with van der Waals surface area (Å²) in [5.41, 5.74) is 7.83. The van der Waals surface area contributed by atoms with Gasteiger partial charge in [-0.3, -0.25) is 0 Å². The fourth-order valence-corrected chi connectivity index (χ4v) is 2.47. The molecular formula is C13H13NS. The number of nitrogen functional groups attached to an aromatic ring is 1. The first-order chi connectivity index (χ1) is 7.24. The molecule has 76 valence electrons. The van der Waals surface area contributed by atoms with Crippen molar-refractivity contribution in [3.8, 4) is 0 Å². The standard InChI is InChI=1S/C13H13NS/c1-10-7-11(14)9-13(8-10)15-12-5-3-2-4-6-12/h2-9H,14H2,1H3. The van der Waals surface area contributed by atoms with Gasteiger partial charge in [0.2, 0.25) is 0 Å². The molecule has 0 aliphatic heterocycles. The van der Waals surface area contributed by atoms with E-state index in [1.54, 1.807) is 11.8 Å². The molecule has 0 fully saturated rings. The lowest BCUT2D eigenvalue weighted by atomic mass is 10.2. The first-order valence-electron chi connectivity index (χ1n) is 4.84. The summed E-state index contributed by atoms with van der Waals surface area (Å²) in [6, 6.07) is 16.4. The zero-order valence-corrected chi connectivity index (χ0v) is 9.42. The van der Waals surface area contributed by atoms with Crippen molar-refractivity contribution in [3.05, 3.63) is 54.1 Å². The number of aryl methyl sites for hydroxylation is 1. The first kappa shape index (κ1) is 10.1. The van der Waals surface area contributed by atoms with Crippen molar-refractivity contribution in [1.29, 1.82) is 0 Å². The maximum Gasteiger partial charge on any atom is 0.0328 e. The Bertz CT molecular complexity index is 431. The average molecular weight is 215 g/mol. The van der Waals surface area contributed by atoms with Crippen LogP contribution >= 0.6 is 11.8 Å². The molecule has 2 aromatic rings. The third kappa shape index (κ3) is 2.77. The van der Waals surface area contributed by atoms with Gasteiger partial charge in [-0.1, -0.05) is 30.0 Å². The quantitative estimate of drug-likeness (QED) is 0.772. The minimum absolute atomic E-state index is 0.827. The second-order valence-electron chi connectivity index (χ2n) is 3.49. The second-order valence-corrected chi connectivity index (χ2v) is 4.64. The molecule has 2 N–H and O–H groups in total. The van der Waals surface area contributed by atoms with Gasteiger partial charge in [-0.2, -0.15) is 0 Å². The molecule has 2 heteroatoms. The summed E-state index contributed by atoms with van der Waals surface area (Å²) in [5.74, 6) is 0. The molecule has 0 aliphatic carbocycles. The highest BCUT2D eigenvalue weighted by molar-refractivity contribution is 7.99. The average Bonchev–Trinajstić information content (AvgIpc) is 2.17. The van der Waals surface area contributed by atoms with Crippen LogP contribution < -0.4 is 5.73 Å². The van der Waals surface area contributed by atoms with E-state index in [9.17, 15) is 0 Å². The van der Waals surface area contributed by atoms with Crippen molar-refractivity contribution in [1.82, 2.24) is 0 Å². The normalized spacial score (nSPS) is 10.2. The number of rotatable bonds is 2. The van der Waals surface area contributed by atoms with Crippen LogP contribution in [0.5, 0.6) is 0 Å². The van der Waals surface area contributed by atoms with Gasteiger partial charge in [0, 0.05) is 15.5 Å². The van der Waals surface area contributed by atoms with E-state index >= 15 is 0 Å². The molecular weight excluding hydrogens is 202 g/mol. The summed E-state index contributed by atoms with van der Waals surface area (Å²) < 4.78 is 0. The SMILES string of the molecule is Cc1cc(N)cc(Sc2ccccc2)c1. The van der Waals surface area contributed by atoms with E-state index in [4.69, 9.17) is 5.73 Å². The molecule has 0 aromatic heterocycles. The lowest BCUT2D eigenvalue weighted by molar-refractivity contribution is 1.35. The Balaban J connectivity index is 2.25. The monoisotopic (exact) mass is 215 g/mol. The van der Waals surface area contributed by atoms with Crippen LogP contribution in [0.25, 0.3) is 0 Å². The number of hydrogen-bond acceptors (Lipinski definition) is 2. The minimum atomic E-state index is 0.827. The summed E-state index contributed by atoms with van der Waals surface area (Å²) >= 11 is 1.74. The molecule has 2 rings (SSSR count). The molecule has 15 heavy (non-hydrogen) atoms. The number of benzene rings is 2. The van der Waals surface area contributed by atoms with Gasteiger partial charge in [0.05, 0.1) is 0 Å². The zero-order chi connectivity index (χ0) is 10.7. The van der Waals surface area contributed by atoms with Crippen molar-refractivity contribution in [2.75, 3.05) is 5.73 Å². The summed E-state index contributed by atoms with van der Waals surface area (Å²) in [7, 11) is 0. The number of anilines is 1. The van der Waals surface area contributed by atoms with Crippen LogP contribution in [-0.4, -0.2) is 0 Å². The van der Waals surface area contributed by atoms with E-state index in [2.05, 4.69) is 25.1 Å². The summed E-state index contributed by atoms with van der Waals surface area (Å²) in [6.45, 7) is 2.06. The van der Waals surface area contributed by atoms with Gasteiger partial charge in [-0.15, -0.1) is 0 Å². The first-order valence-corrected chi connectivity index (χ1v) is 5.66. The largest absolute Gasteiger partial charge is 0.399 e. The Labute approximate surface area is 94.3 Å². The van der Waals surface area contributed by atoms with E-state index in [1.165, 1.54) is 15.4 Å². The Hall–Kier alpha value is -1.41. The highest BCUT2D eigenvalue weighted by Gasteiger charge is 1.98. The van der Waals surface area contributed by atoms with Crippen molar-refractivity contribution in [2.24, 2.45) is 0 Å². The molecule has 0 unspecified atom stereocenters. The van der Waals surface area contributed by atoms with Gasteiger partial charge in [0.1, 0.15) is 0 Å². The van der Waals surface area contributed by atoms with Crippen molar-refractivity contribution < 1.29 is 0 Å². The van der Waals surface area contributed by atoms with Gasteiger partial charge >= 0.3 is 0 Å². The van der Waals surface area contributed by atoms with Crippen LogP contribution in [0.4, 0.5) is 5.69 Å². The molecule has 0 spiro atoms. The third-order valence-electron chi connectivity index (χ3n) is 2.05.